The van der Waals surface area contributed by atoms with E-state index in [-0.39, 0.29) is 5.71 Å². The predicted octanol–water partition coefficient (Wildman–Crippen LogP) is 3.40. The summed E-state index contributed by atoms with van der Waals surface area (Å²) < 4.78 is 5.62. The van der Waals surface area contributed by atoms with Gasteiger partial charge in [-0.1, -0.05) is 0 Å². The molecule has 1 aromatic rings. The molecule has 1 saturated heterocycles. The van der Waals surface area contributed by atoms with Crippen LogP contribution in [-0.2, 0) is 0 Å². The number of methoxy groups -OCH3 is 1. The van der Waals surface area contributed by atoms with Crippen molar-refractivity contribution in [1.82, 2.24) is 15.5 Å². The number of aldehydes is 1. The Hall–Kier alpha value is -3.26. The number of piperidine rings is 1. The number of carbonyl (C=O) groups is 1. The first-order valence-electron chi connectivity index (χ1n) is 10.8. The van der Waals surface area contributed by atoms with E-state index in [1.54, 1.807) is 26.4 Å². The molecule has 1 fully saturated rings. The van der Waals surface area contributed by atoms with Gasteiger partial charge in [-0.05, 0) is 76.5 Å². The van der Waals surface area contributed by atoms with Crippen molar-refractivity contribution in [2.24, 2.45) is 9.98 Å². The van der Waals surface area contributed by atoms with Gasteiger partial charge in [0.15, 0.2) is 12.1 Å². The molecule has 0 amide bonds. The van der Waals surface area contributed by atoms with Crippen LogP contribution in [0.3, 0.4) is 0 Å². The fourth-order valence-electron chi connectivity index (χ4n) is 3.96. The topological polar surface area (TPSA) is 102 Å². The summed E-state index contributed by atoms with van der Waals surface area (Å²) in [6, 6.07) is 3.89. The zero-order chi connectivity index (χ0) is 23.3. The number of allylic oxidation sites excluding steroid dienone is 2. The van der Waals surface area contributed by atoms with Crippen LogP contribution in [0.4, 0.5) is 5.69 Å². The Bertz CT molecular complexity index is 1010. The quantitative estimate of drug-likeness (QED) is 0.360. The second-order valence-electron chi connectivity index (χ2n) is 8.17. The number of hydrogen-bond donors (Lipinski definition) is 3. The number of ether oxygens (including phenoxy) is 1. The first-order chi connectivity index (χ1) is 15.4. The minimum absolute atomic E-state index is 0.163. The van der Waals surface area contributed by atoms with Crippen LogP contribution in [-0.4, -0.2) is 62.7 Å². The highest BCUT2D eigenvalue weighted by Crippen LogP contribution is 2.37. The molecule has 0 aromatic heterocycles. The van der Waals surface area contributed by atoms with E-state index in [1.807, 2.05) is 26.0 Å². The van der Waals surface area contributed by atoms with Gasteiger partial charge >= 0.3 is 0 Å². The molecule has 32 heavy (non-hydrogen) atoms. The normalized spacial score (nSPS) is 19.2. The van der Waals surface area contributed by atoms with Crippen LogP contribution in [0.5, 0.6) is 5.75 Å². The minimum atomic E-state index is 0.163. The first-order valence-corrected chi connectivity index (χ1v) is 10.8. The number of hydrogen-bond acceptors (Lipinski definition) is 7. The van der Waals surface area contributed by atoms with Crippen LogP contribution in [0.2, 0.25) is 0 Å². The van der Waals surface area contributed by atoms with Gasteiger partial charge in [-0.15, -0.1) is 0 Å². The maximum absolute atomic E-state index is 12.0. The predicted molar refractivity (Wildman–Crippen MR) is 130 cm³/mol. The third-order valence-electron chi connectivity index (χ3n) is 5.84. The third-order valence-corrected chi connectivity index (χ3v) is 5.84. The van der Waals surface area contributed by atoms with E-state index in [0.29, 0.717) is 28.8 Å². The molecule has 8 heteroatoms. The largest absolute Gasteiger partial charge is 0.494 e. The molecule has 0 atom stereocenters. The van der Waals surface area contributed by atoms with Gasteiger partial charge in [0, 0.05) is 18.8 Å². The summed E-state index contributed by atoms with van der Waals surface area (Å²) in [5.74, 6) is 1.25. The molecule has 0 spiro atoms. The minimum Gasteiger partial charge on any atom is -0.494 e. The van der Waals surface area contributed by atoms with Gasteiger partial charge in [-0.2, -0.15) is 0 Å². The maximum Gasteiger partial charge on any atom is 0.152 e. The summed E-state index contributed by atoms with van der Waals surface area (Å²) >= 11 is 0. The highest BCUT2D eigenvalue weighted by Gasteiger charge is 2.22. The highest BCUT2D eigenvalue weighted by atomic mass is 16.5. The van der Waals surface area contributed by atoms with Crippen LogP contribution >= 0.6 is 0 Å². The van der Waals surface area contributed by atoms with E-state index >= 15 is 0 Å². The summed E-state index contributed by atoms with van der Waals surface area (Å²) in [5.41, 5.74) is 4.53. The van der Waals surface area contributed by atoms with Gasteiger partial charge in [-0.3, -0.25) is 15.2 Å². The molecule has 2 heterocycles. The van der Waals surface area contributed by atoms with Crippen molar-refractivity contribution in [3.63, 3.8) is 0 Å². The zero-order valence-corrected chi connectivity index (χ0v) is 19.5. The van der Waals surface area contributed by atoms with E-state index in [9.17, 15) is 4.79 Å². The molecule has 0 bridgehead atoms. The number of aliphatic imine (C=N–C) groups is 2. The van der Waals surface area contributed by atoms with Gasteiger partial charge < -0.3 is 20.3 Å². The summed E-state index contributed by atoms with van der Waals surface area (Å²) in [6.07, 6.45) is 6.35. The van der Waals surface area contributed by atoms with Gasteiger partial charge in [0.25, 0.3) is 0 Å². The number of benzene rings is 1. The number of amidine groups is 1. The molecule has 0 aliphatic carbocycles. The Labute approximate surface area is 189 Å². The van der Waals surface area contributed by atoms with E-state index in [1.165, 1.54) is 0 Å². The van der Waals surface area contributed by atoms with E-state index in [0.717, 1.165) is 54.9 Å². The number of nitrogens with zero attached hydrogens (tertiary/aromatic N) is 3. The fraction of sp³-hybridized carbons (Fsp3) is 0.417. The van der Waals surface area contributed by atoms with Gasteiger partial charge in [0.05, 0.1) is 29.9 Å². The van der Waals surface area contributed by atoms with Crippen LogP contribution in [0, 0.1) is 5.41 Å². The van der Waals surface area contributed by atoms with Crippen molar-refractivity contribution in [2.45, 2.75) is 32.6 Å². The van der Waals surface area contributed by atoms with Gasteiger partial charge in [-0.25, -0.2) is 4.99 Å². The summed E-state index contributed by atoms with van der Waals surface area (Å²) in [6.45, 7) is 5.85. The first kappa shape index (κ1) is 23.4. The van der Waals surface area contributed by atoms with Crippen LogP contribution in [0.15, 0.2) is 45.8 Å². The van der Waals surface area contributed by atoms with E-state index < -0.39 is 0 Å². The molecule has 2 aliphatic rings. The summed E-state index contributed by atoms with van der Waals surface area (Å²) in [4.78, 5) is 23.3. The van der Waals surface area contributed by atoms with Crippen molar-refractivity contribution in [3.05, 3.63) is 46.9 Å². The van der Waals surface area contributed by atoms with Crippen LogP contribution < -0.4 is 15.4 Å². The molecule has 8 nitrogen and oxygen atoms in total. The molecule has 170 valence electrons. The number of likely N-dealkylation sites (tertiary alicyclic amines) is 1. The second kappa shape index (κ2) is 10.4. The van der Waals surface area contributed by atoms with Crippen molar-refractivity contribution in [3.8, 4) is 5.75 Å². The van der Waals surface area contributed by atoms with Crippen molar-refractivity contribution < 1.29 is 9.53 Å². The Kier molecular flexibility index (Phi) is 7.58. The molecule has 3 N–H and O–H groups in total. The zero-order valence-electron chi connectivity index (χ0n) is 19.5. The highest BCUT2D eigenvalue weighted by molar-refractivity contribution is 6.45. The Morgan fingerprint density at radius 2 is 2.06 bits per heavy atom. The van der Waals surface area contributed by atoms with Crippen molar-refractivity contribution in [1.29, 1.82) is 5.41 Å². The monoisotopic (exact) mass is 436 g/mol. The smallest absolute Gasteiger partial charge is 0.152 e. The lowest BCUT2D eigenvalue weighted by atomic mass is 9.88. The molecular formula is C24H32N6O2. The van der Waals surface area contributed by atoms with Gasteiger partial charge in [0.1, 0.15) is 11.4 Å². The molecule has 2 aliphatic heterocycles. The van der Waals surface area contributed by atoms with E-state index in [2.05, 4.69) is 32.6 Å². The summed E-state index contributed by atoms with van der Waals surface area (Å²) in [5, 5.41) is 14.6. The molecular weight excluding hydrogens is 404 g/mol. The molecule has 0 radical (unpaired) electrons. The average molecular weight is 437 g/mol. The SMILES string of the molecule is CN/C(=N\c1c(C=O)cc(C2CCN(C)CC2)cc1OC)C(=N)/C=C1\NC=C(C)N=C1C. The third kappa shape index (κ3) is 5.31. The summed E-state index contributed by atoms with van der Waals surface area (Å²) in [7, 11) is 5.40. The standard InChI is InChI=1S/C24H32N6O2/c1-15-13-27-21(16(2)28-15)12-20(25)24(26-3)29-23-19(14-31)10-18(11-22(23)32-5)17-6-8-30(4)9-7-17/h10-14,17,25,27H,6-9H2,1-5H3,(H,26,29)/b21-12-,25-20?. The Balaban J connectivity index is 1.95. The molecule has 1 aromatic carbocycles. The number of rotatable bonds is 6. The lowest BCUT2D eigenvalue weighted by Gasteiger charge is -2.29. The van der Waals surface area contributed by atoms with Crippen LogP contribution in [0.25, 0.3) is 0 Å². The Morgan fingerprint density at radius 3 is 2.66 bits per heavy atom. The van der Waals surface area contributed by atoms with Gasteiger partial charge in [0.2, 0.25) is 0 Å². The molecule has 3 rings (SSSR count). The second-order valence-corrected chi connectivity index (χ2v) is 8.17. The van der Waals surface area contributed by atoms with E-state index in [4.69, 9.17) is 10.1 Å². The fourth-order valence-corrected chi connectivity index (χ4v) is 3.96. The number of nitrogens with one attached hydrogen (secondary N) is 3. The van der Waals surface area contributed by atoms with Crippen molar-refractivity contribution >= 4 is 29.2 Å². The van der Waals surface area contributed by atoms with Crippen LogP contribution in [0.1, 0.15) is 48.5 Å². The lowest BCUT2D eigenvalue weighted by Crippen LogP contribution is -2.29. The maximum atomic E-state index is 12.0. The molecule has 0 saturated carbocycles. The number of carbonyl (C=O) groups excluding carboxylic acids is 1. The van der Waals surface area contributed by atoms with Crippen molar-refractivity contribution in [2.75, 3.05) is 34.3 Å². The molecule has 0 unspecified atom stereocenters. The Morgan fingerprint density at radius 1 is 1.34 bits per heavy atom. The lowest BCUT2D eigenvalue weighted by molar-refractivity contribution is 0.112. The average Bonchev–Trinajstić information content (AvgIpc) is 2.79.